The van der Waals surface area contributed by atoms with Crippen LogP contribution in [0.5, 0.6) is 0 Å². The number of nitrogens with one attached hydrogen (secondary N) is 2. The Hall–Kier alpha value is -2.88. The molecule has 122 valence electrons. The molecule has 2 aromatic carbocycles. The van der Waals surface area contributed by atoms with Crippen LogP contribution in [0.4, 0.5) is 5.69 Å². The van der Waals surface area contributed by atoms with Crippen molar-refractivity contribution in [1.82, 2.24) is 4.98 Å². The minimum Gasteiger partial charge on any atom is -0.322 e. The fourth-order valence-electron chi connectivity index (χ4n) is 2.92. The number of anilines is 1. The molecule has 0 radical (unpaired) electrons. The minimum atomic E-state index is -0.168. The summed E-state index contributed by atoms with van der Waals surface area (Å²) in [5, 5.41) is 3.88. The van der Waals surface area contributed by atoms with E-state index in [0.717, 1.165) is 27.6 Å². The number of amides is 1. The van der Waals surface area contributed by atoms with E-state index < -0.39 is 0 Å². The first-order chi connectivity index (χ1) is 11.5. The van der Waals surface area contributed by atoms with Gasteiger partial charge in [-0.1, -0.05) is 30.7 Å². The molecule has 2 N–H and O–H groups in total. The van der Waals surface area contributed by atoms with E-state index in [2.05, 4.69) is 10.3 Å². The SMILES string of the molecule is CCc1c(C)c2ccc(NC(=O)c3ccc(C)cc3)cc2[nH]c1=O. The Kier molecular flexibility index (Phi) is 4.21. The van der Waals surface area contributed by atoms with Crippen molar-refractivity contribution in [2.24, 2.45) is 0 Å². The summed E-state index contributed by atoms with van der Waals surface area (Å²) in [7, 11) is 0. The number of aryl methyl sites for hydroxylation is 2. The highest BCUT2D eigenvalue weighted by molar-refractivity contribution is 6.05. The van der Waals surface area contributed by atoms with Crippen molar-refractivity contribution in [3.05, 3.63) is 75.1 Å². The molecule has 0 unspecified atom stereocenters. The van der Waals surface area contributed by atoms with Gasteiger partial charge in [0.05, 0.1) is 5.52 Å². The summed E-state index contributed by atoms with van der Waals surface area (Å²) in [6.07, 6.45) is 0.697. The van der Waals surface area contributed by atoms with Crippen LogP contribution in [-0.2, 0) is 6.42 Å². The fourth-order valence-corrected chi connectivity index (χ4v) is 2.92. The molecule has 0 aliphatic rings. The third-order valence-electron chi connectivity index (χ3n) is 4.32. The molecule has 1 heterocycles. The summed E-state index contributed by atoms with van der Waals surface area (Å²) in [6, 6.07) is 13.0. The van der Waals surface area contributed by atoms with Crippen LogP contribution < -0.4 is 10.9 Å². The molecule has 4 nitrogen and oxygen atoms in total. The first-order valence-corrected chi connectivity index (χ1v) is 8.03. The lowest BCUT2D eigenvalue weighted by molar-refractivity contribution is 0.102. The zero-order valence-electron chi connectivity index (χ0n) is 14.1. The number of H-pyrrole nitrogens is 1. The lowest BCUT2D eigenvalue weighted by Crippen LogP contribution is -2.15. The molecule has 0 saturated carbocycles. The maximum atomic E-state index is 12.3. The molecule has 0 saturated heterocycles. The number of hydrogen-bond acceptors (Lipinski definition) is 2. The van der Waals surface area contributed by atoms with Gasteiger partial charge in [0.2, 0.25) is 0 Å². The van der Waals surface area contributed by atoms with Crippen LogP contribution in [0.1, 0.15) is 34.0 Å². The Bertz CT molecular complexity index is 969. The molecular weight excluding hydrogens is 300 g/mol. The van der Waals surface area contributed by atoms with E-state index >= 15 is 0 Å². The molecular formula is C20H20N2O2. The topological polar surface area (TPSA) is 62.0 Å². The Morgan fingerprint density at radius 1 is 1.08 bits per heavy atom. The maximum absolute atomic E-state index is 12.3. The van der Waals surface area contributed by atoms with Gasteiger partial charge in [-0.05, 0) is 50.1 Å². The molecule has 4 heteroatoms. The second kappa shape index (κ2) is 6.32. The van der Waals surface area contributed by atoms with Gasteiger partial charge in [-0.15, -0.1) is 0 Å². The van der Waals surface area contributed by atoms with Crippen molar-refractivity contribution < 1.29 is 4.79 Å². The van der Waals surface area contributed by atoms with E-state index in [1.54, 1.807) is 18.2 Å². The van der Waals surface area contributed by atoms with Gasteiger partial charge in [-0.3, -0.25) is 9.59 Å². The summed E-state index contributed by atoms with van der Waals surface area (Å²) in [4.78, 5) is 27.3. The van der Waals surface area contributed by atoms with Crippen molar-refractivity contribution in [1.29, 1.82) is 0 Å². The third-order valence-corrected chi connectivity index (χ3v) is 4.32. The first kappa shape index (κ1) is 16.0. The van der Waals surface area contributed by atoms with Crippen LogP contribution in [0.2, 0.25) is 0 Å². The molecule has 0 aliphatic carbocycles. The normalized spacial score (nSPS) is 10.8. The second-order valence-corrected chi connectivity index (χ2v) is 5.99. The largest absolute Gasteiger partial charge is 0.322 e. The van der Waals surface area contributed by atoms with Gasteiger partial charge in [0, 0.05) is 22.2 Å². The van der Waals surface area contributed by atoms with Crippen LogP contribution >= 0.6 is 0 Å². The van der Waals surface area contributed by atoms with Gasteiger partial charge < -0.3 is 10.3 Å². The summed E-state index contributed by atoms with van der Waals surface area (Å²) in [6.45, 7) is 5.91. The highest BCUT2D eigenvalue weighted by Gasteiger charge is 2.10. The molecule has 1 aromatic heterocycles. The van der Waals surface area contributed by atoms with Crippen molar-refractivity contribution >= 4 is 22.5 Å². The summed E-state index contributed by atoms with van der Waals surface area (Å²) < 4.78 is 0. The minimum absolute atomic E-state index is 0.0653. The molecule has 0 bridgehead atoms. The van der Waals surface area contributed by atoms with E-state index in [9.17, 15) is 9.59 Å². The molecule has 0 fully saturated rings. The monoisotopic (exact) mass is 320 g/mol. The molecule has 24 heavy (non-hydrogen) atoms. The zero-order chi connectivity index (χ0) is 17.3. The summed E-state index contributed by atoms with van der Waals surface area (Å²) >= 11 is 0. The number of carbonyl (C=O) groups is 1. The average Bonchev–Trinajstić information content (AvgIpc) is 2.55. The van der Waals surface area contributed by atoms with Gasteiger partial charge in [0.1, 0.15) is 0 Å². The molecule has 3 aromatic rings. The maximum Gasteiger partial charge on any atom is 0.255 e. The van der Waals surface area contributed by atoms with Crippen LogP contribution in [0.3, 0.4) is 0 Å². The number of benzene rings is 2. The number of aromatic nitrogens is 1. The summed E-state index contributed by atoms with van der Waals surface area (Å²) in [5.41, 5.74) is 4.84. The average molecular weight is 320 g/mol. The van der Waals surface area contributed by atoms with E-state index in [1.165, 1.54) is 0 Å². The smallest absolute Gasteiger partial charge is 0.255 e. The third kappa shape index (κ3) is 2.95. The van der Waals surface area contributed by atoms with E-state index in [1.807, 2.05) is 45.0 Å². The van der Waals surface area contributed by atoms with Gasteiger partial charge in [-0.25, -0.2) is 0 Å². The Labute approximate surface area is 140 Å². The van der Waals surface area contributed by atoms with Gasteiger partial charge in [-0.2, -0.15) is 0 Å². The number of rotatable bonds is 3. The quantitative estimate of drug-likeness (QED) is 0.767. The highest BCUT2D eigenvalue weighted by atomic mass is 16.1. The van der Waals surface area contributed by atoms with Gasteiger partial charge >= 0.3 is 0 Å². The van der Waals surface area contributed by atoms with Gasteiger partial charge in [0.15, 0.2) is 0 Å². The van der Waals surface area contributed by atoms with Crippen LogP contribution in [0, 0.1) is 13.8 Å². The van der Waals surface area contributed by atoms with Crippen molar-refractivity contribution in [3.63, 3.8) is 0 Å². The van der Waals surface area contributed by atoms with Crippen molar-refractivity contribution in [3.8, 4) is 0 Å². The lowest BCUT2D eigenvalue weighted by Gasteiger charge is -2.10. The predicted molar refractivity (Wildman–Crippen MR) is 97.8 cm³/mol. The number of pyridine rings is 1. The standard InChI is InChI=1S/C20H20N2O2/c1-4-16-13(3)17-10-9-15(11-18(17)22-20(16)24)21-19(23)14-7-5-12(2)6-8-14/h5-11H,4H2,1-3H3,(H,21,23)(H,22,24). The Morgan fingerprint density at radius 2 is 1.79 bits per heavy atom. The lowest BCUT2D eigenvalue weighted by atomic mass is 10.0. The van der Waals surface area contributed by atoms with E-state index in [0.29, 0.717) is 17.7 Å². The second-order valence-electron chi connectivity index (χ2n) is 5.99. The van der Waals surface area contributed by atoms with Gasteiger partial charge in [0.25, 0.3) is 11.5 Å². The molecule has 0 aliphatic heterocycles. The fraction of sp³-hybridized carbons (Fsp3) is 0.200. The predicted octanol–water partition coefficient (Wildman–Crippen LogP) is 3.96. The summed E-state index contributed by atoms with van der Waals surface area (Å²) in [5.74, 6) is -0.168. The number of aromatic amines is 1. The Balaban J connectivity index is 1.95. The molecule has 1 amide bonds. The number of fused-ring (bicyclic) bond motifs is 1. The van der Waals surface area contributed by atoms with E-state index in [-0.39, 0.29) is 11.5 Å². The molecule has 3 rings (SSSR count). The van der Waals surface area contributed by atoms with Crippen LogP contribution in [0.15, 0.2) is 47.3 Å². The zero-order valence-corrected chi connectivity index (χ0v) is 14.1. The van der Waals surface area contributed by atoms with Crippen molar-refractivity contribution in [2.75, 3.05) is 5.32 Å². The molecule has 0 atom stereocenters. The first-order valence-electron chi connectivity index (χ1n) is 8.03. The Morgan fingerprint density at radius 3 is 2.46 bits per heavy atom. The van der Waals surface area contributed by atoms with Crippen LogP contribution in [0.25, 0.3) is 10.9 Å². The van der Waals surface area contributed by atoms with Crippen LogP contribution in [-0.4, -0.2) is 10.9 Å². The van der Waals surface area contributed by atoms with Crippen molar-refractivity contribution in [2.45, 2.75) is 27.2 Å². The number of carbonyl (C=O) groups excluding carboxylic acids is 1. The van der Waals surface area contributed by atoms with E-state index in [4.69, 9.17) is 0 Å². The number of hydrogen-bond donors (Lipinski definition) is 2. The highest BCUT2D eigenvalue weighted by Crippen LogP contribution is 2.22. The molecule has 0 spiro atoms.